The molecule has 2 aromatic carbocycles. The first-order chi connectivity index (χ1) is 17.7. The van der Waals surface area contributed by atoms with Gasteiger partial charge >= 0.3 is 0 Å². The van der Waals surface area contributed by atoms with E-state index in [2.05, 4.69) is 25.1 Å². The Labute approximate surface area is 205 Å². The zero-order valence-electron chi connectivity index (χ0n) is 19.4. The Balaban J connectivity index is 1.42. The van der Waals surface area contributed by atoms with Crippen LogP contribution in [0.2, 0.25) is 0 Å². The van der Waals surface area contributed by atoms with E-state index in [1.807, 2.05) is 79.7 Å². The quantitative estimate of drug-likeness (QED) is 0.322. The van der Waals surface area contributed by atoms with Gasteiger partial charge in [0.2, 0.25) is 0 Å². The molecule has 36 heavy (non-hydrogen) atoms. The molecule has 0 fully saturated rings. The molecule has 0 saturated heterocycles. The second kappa shape index (κ2) is 8.99. The number of aromatic amines is 2. The van der Waals surface area contributed by atoms with E-state index < -0.39 is 0 Å². The molecular formula is C28H21N5O3. The van der Waals surface area contributed by atoms with Gasteiger partial charge < -0.3 is 19.2 Å². The molecule has 8 heteroatoms. The van der Waals surface area contributed by atoms with E-state index in [-0.39, 0.29) is 11.4 Å². The highest BCUT2D eigenvalue weighted by atomic mass is 16.5. The number of nitrogens with zero attached hydrogens (tertiary/aromatic N) is 3. The van der Waals surface area contributed by atoms with Crippen molar-refractivity contribution in [3.8, 4) is 34.3 Å². The van der Waals surface area contributed by atoms with Crippen LogP contribution in [0.15, 0.2) is 94.5 Å². The molecule has 8 nitrogen and oxygen atoms in total. The average molecular weight is 476 g/mol. The number of benzene rings is 2. The lowest BCUT2D eigenvalue weighted by Crippen LogP contribution is -2.07. The van der Waals surface area contributed by atoms with Gasteiger partial charge in [0.15, 0.2) is 5.82 Å². The van der Waals surface area contributed by atoms with Crippen molar-refractivity contribution in [3.63, 3.8) is 0 Å². The van der Waals surface area contributed by atoms with Crippen LogP contribution in [-0.4, -0.2) is 25.1 Å². The number of H-pyrrole nitrogens is 2. The van der Waals surface area contributed by atoms with Crippen LogP contribution < -0.4 is 10.3 Å². The van der Waals surface area contributed by atoms with Crippen molar-refractivity contribution in [2.24, 2.45) is 0 Å². The number of rotatable bonds is 6. The third kappa shape index (κ3) is 4.05. The third-order valence-corrected chi connectivity index (χ3v) is 5.90. The first-order valence-corrected chi connectivity index (χ1v) is 11.5. The second-order valence-corrected chi connectivity index (χ2v) is 8.39. The van der Waals surface area contributed by atoms with Crippen molar-refractivity contribution >= 4 is 10.8 Å². The van der Waals surface area contributed by atoms with Gasteiger partial charge in [0.1, 0.15) is 17.2 Å². The molecule has 0 bridgehead atoms. The summed E-state index contributed by atoms with van der Waals surface area (Å²) in [6.45, 7) is 1.88. The predicted molar refractivity (Wildman–Crippen MR) is 136 cm³/mol. The van der Waals surface area contributed by atoms with Gasteiger partial charge in [-0.05, 0) is 48.9 Å². The van der Waals surface area contributed by atoms with Crippen LogP contribution in [0.3, 0.4) is 0 Å². The fourth-order valence-electron chi connectivity index (χ4n) is 4.27. The molecule has 0 aliphatic carbocycles. The molecule has 0 spiro atoms. The van der Waals surface area contributed by atoms with Crippen molar-refractivity contribution in [2.45, 2.75) is 13.3 Å². The van der Waals surface area contributed by atoms with Gasteiger partial charge in [-0.1, -0.05) is 41.6 Å². The van der Waals surface area contributed by atoms with E-state index in [4.69, 9.17) is 9.26 Å². The summed E-state index contributed by atoms with van der Waals surface area (Å²) in [5.74, 6) is 2.14. The molecule has 4 aromatic heterocycles. The maximum atomic E-state index is 13.1. The summed E-state index contributed by atoms with van der Waals surface area (Å²) in [7, 11) is 0. The minimum Gasteiger partial charge on any atom is -0.457 e. The van der Waals surface area contributed by atoms with Crippen molar-refractivity contribution in [1.29, 1.82) is 0 Å². The molecule has 0 amide bonds. The van der Waals surface area contributed by atoms with Crippen LogP contribution in [0.1, 0.15) is 17.1 Å². The summed E-state index contributed by atoms with van der Waals surface area (Å²) >= 11 is 0. The van der Waals surface area contributed by atoms with Crippen LogP contribution in [-0.2, 0) is 6.42 Å². The van der Waals surface area contributed by atoms with Gasteiger partial charge in [-0.25, -0.2) is 0 Å². The minimum absolute atomic E-state index is 0.240. The van der Waals surface area contributed by atoms with Gasteiger partial charge in [-0.15, -0.1) is 0 Å². The molecule has 0 radical (unpaired) electrons. The molecule has 0 atom stereocenters. The number of ether oxygens (including phenoxy) is 1. The van der Waals surface area contributed by atoms with E-state index >= 15 is 0 Å². The van der Waals surface area contributed by atoms with E-state index in [1.54, 1.807) is 12.4 Å². The molecule has 0 aliphatic rings. The van der Waals surface area contributed by atoms with Gasteiger partial charge in [0.25, 0.3) is 11.4 Å². The van der Waals surface area contributed by atoms with Gasteiger partial charge in [0, 0.05) is 35.5 Å². The van der Waals surface area contributed by atoms with Gasteiger partial charge in [0.05, 0.1) is 11.1 Å². The largest absolute Gasteiger partial charge is 0.457 e. The fourth-order valence-corrected chi connectivity index (χ4v) is 4.27. The molecule has 6 aromatic rings. The first kappa shape index (κ1) is 21.5. The summed E-state index contributed by atoms with van der Waals surface area (Å²) < 4.78 is 11.7. The number of aromatic nitrogens is 5. The molecule has 4 heterocycles. The zero-order chi connectivity index (χ0) is 24.5. The minimum atomic E-state index is -0.240. The van der Waals surface area contributed by atoms with E-state index in [0.29, 0.717) is 29.1 Å². The lowest BCUT2D eigenvalue weighted by atomic mass is 10.1. The third-order valence-electron chi connectivity index (χ3n) is 5.90. The number of fused-ring (bicyclic) bond motifs is 1. The monoisotopic (exact) mass is 475 g/mol. The lowest BCUT2D eigenvalue weighted by Gasteiger charge is -2.11. The van der Waals surface area contributed by atoms with Crippen molar-refractivity contribution in [2.75, 3.05) is 0 Å². The van der Waals surface area contributed by atoms with Crippen molar-refractivity contribution in [3.05, 3.63) is 113 Å². The molecule has 176 valence electrons. The fraction of sp³-hybridized carbons (Fsp3) is 0.0714. The smallest absolute Gasteiger partial charge is 0.274 e. The molecular weight excluding hydrogens is 454 g/mol. The Kier molecular flexibility index (Phi) is 5.38. The lowest BCUT2D eigenvalue weighted by molar-refractivity contribution is 0.422. The van der Waals surface area contributed by atoms with E-state index in [9.17, 15) is 4.79 Å². The number of pyridine rings is 2. The molecule has 0 aliphatic heterocycles. The standard InChI is InChI=1S/C28H21N5O3/c1-17-25-21(26(30-17)20-11-5-6-12-23(20)35-19-9-3-2-4-10-19)15-22(31-27(25)34)28-32-24(33-36-28)14-18-8-7-13-29-16-18/h2-13,15-16,30H,14H2,1H3,(H,31,34). The Morgan fingerprint density at radius 1 is 0.972 bits per heavy atom. The number of hydrogen-bond acceptors (Lipinski definition) is 6. The summed E-state index contributed by atoms with van der Waals surface area (Å²) in [5, 5.41) is 5.39. The SMILES string of the molecule is Cc1[nH]c(-c2ccccc2Oc2ccccc2)c2cc(-c3nc(Cc4cccnc4)no3)[nH]c(=O)c12. The second-order valence-electron chi connectivity index (χ2n) is 8.39. The van der Waals surface area contributed by atoms with Crippen LogP contribution in [0.4, 0.5) is 0 Å². The topological polar surface area (TPSA) is 110 Å². The van der Waals surface area contributed by atoms with E-state index in [0.717, 1.165) is 33.7 Å². The maximum absolute atomic E-state index is 13.1. The maximum Gasteiger partial charge on any atom is 0.274 e. The molecule has 2 N–H and O–H groups in total. The number of aryl methyl sites for hydroxylation is 1. The first-order valence-electron chi connectivity index (χ1n) is 11.5. The van der Waals surface area contributed by atoms with E-state index in [1.165, 1.54) is 0 Å². The summed E-state index contributed by atoms with van der Waals surface area (Å²) in [4.78, 5) is 28.0. The van der Waals surface area contributed by atoms with Crippen LogP contribution in [0.5, 0.6) is 11.5 Å². The predicted octanol–water partition coefficient (Wildman–Crippen LogP) is 5.66. The van der Waals surface area contributed by atoms with Crippen LogP contribution >= 0.6 is 0 Å². The Morgan fingerprint density at radius 3 is 2.64 bits per heavy atom. The average Bonchev–Trinajstić information content (AvgIpc) is 3.50. The van der Waals surface area contributed by atoms with Gasteiger partial charge in [-0.3, -0.25) is 9.78 Å². The Morgan fingerprint density at radius 2 is 1.81 bits per heavy atom. The highest BCUT2D eigenvalue weighted by Crippen LogP contribution is 2.37. The van der Waals surface area contributed by atoms with Crippen molar-refractivity contribution < 1.29 is 9.26 Å². The zero-order valence-corrected chi connectivity index (χ0v) is 19.4. The Bertz CT molecular complexity index is 1720. The number of nitrogens with one attached hydrogen (secondary N) is 2. The normalized spacial score (nSPS) is 11.1. The summed E-state index contributed by atoms with van der Waals surface area (Å²) in [6, 6.07) is 23.0. The Hall–Kier alpha value is -4.98. The summed E-state index contributed by atoms with van der Waals surface area (Å²) in [5.41, 5.74) is 3.53. The van der Waals surface area contributed by atoms with Gasteiger partial charge in [-0.2, -0.15) is 4.98 Å². The van der Waals surface area contributed by atoms with Crippen LogP contribution in [0.25, 0.3) is 33.6 Å². The number of hydrogen-bond donors (Lipinski definition) is 2. The highest BCUT2D eigenvalue weighted by molar-refractivity contribution is 5.99. The molecule has 6 rings (SSSR count). The highest BCUT2D eigenvalue weighted by Gasteiger charge is 2.19. The number of para-hydroxylation sites is 2. The summed E-state index contributed by atoms with van der Waals surface area (Å²) in [6.07, 6.45) is 3.95. The van der Waals surface area contributed by atoms with Crippen molar-refractivity contribution in [1.82, 2.24) is 25.1 Å². The van der Waals surface area contributed by atoms with Crippen LogP contribution in [0, 0.1) is 6.92 Å². The molecule has 0 unspecified atom stereocenters. The molecule has 0 saturated carbocycles.